The molecule has 0 aromatic rings. The molecule has 0 radical (unpaired) electrons. The first-order valence-electron chi connectivity index (χ1n) is 8.42. The van der Waals surface area contributed by atoms with Crippen molar-refractivity contribution in [1.29, 1.82) is 0 Å². The molecule has 4 nitrogen and oxygen atoms in total. The van der Waals surface area contributed by atoms with Crippen LogP contribution in [-0.4, -0.2) is 11.9 Å². The zero-order valence-corrected chi connectivity index (χ0v) is 15.4. The minimum atomic E-state index is -0.422. The lowest BCUT2D eigenvalue weighted by molar-refractivity contribution is -0.146. The third-order valence-corrected chi connectivity index (χ3v) is 3.00. The Balaban J connectivity index is 0. The maximum absolute atomic E-state index is 10.9. The third-order valence-electron chi connectivity index (χ3n) is 3.00. The van der Waals surface area contributed by atoms with Gasteiger partial charge in [-0.1, -0.05) is 58.6 Å². The van der Waals surface area contributed by atoms with Crippen LogP contribution in [0.2, 0.25) is 0 Å². The molecule has 0 saturated carbocycles. The van der Waals surface area contributed by atoms with Crippen molar-refractivity contribution in [1.82, 2.24) is 0 Å². The molecular formula is C19H34O4. The average Bonchev–Trinajstić information content (AvgIpc) is 2.46. The molecule has 0 fully saturated rings. The minimum absolute atomic E-state index is 0.159. The summed E-state index contributed by atoms with van der Waals surface area (Å²) in [6.45, 7) is 14.2. The number of ether oxygens (including phenoxy) is 2. The minimum Gasteiger partial charge on any atom is -0.435 e. The highest BCUT2D eigenvalue weighted by molar-refractivity contribution is 5.75. The third kappa shape index (κ3) is 18.4. The van der Waals surface area contributed by atoms with Gasteiger partial charge in [-0.05, 0) is 27.2 Å². The van der Waals surface area contributed by atoms with Crippen LogP contribution in [0.1, 0.15) is 79.1 Å². The predicted octanol–water partition coefficient (Wildman–Crippen LogP) is 5.53. The van der Waals surface area contributed by atoms with E-state index >= 15 is 0 Å². The maximum atomic E-state index is 10.9. The molecule has 0 aliphatic carbocycles. The number of hydrogen-bond acceptors (Lipinski definition) is 4. The Hall–Kier alpha value is -1.58. The van der Waals surface area contributed by atoms with E-state index in [1.165, 1.54) is 38.4 Å². The van der Waals surface area contributed by atoms with Crippen molar-refractivity contribution in [2.75, 3.05) is 0 Å². The number of hydrogen-bond donors (Lipinski definition) is 0. The van der Waals surface area contributed by atoms with Crippen LogP contribution >= 0.6 is 0 Å². The van der Waals surface area contributed by atoms with Gasteiger partial charge < -0.3 is 9.47 Å². The summed E-state index contributed by atoms with van der Waals surface area (Å²) >= 11 is 0. The van der Waals surface area contributed by atoms with Gasteiger partial charge in [0.25, 0.3) is 0 Å². The van der Waals surface area contributed by atoms with Gasteiger partial charge in [-0.3, -0.25) is 9.59 Å². The first kappa shape index (κ1) is 23.7. The summed E-state index contributed by atoms with van der Waals surface area (Å²) in [5.74, 6) is -0.411. The fourth-order valence-electron chi connectivity index (χ4n) is 1.63. The van der Waals surface area contributed by atoms with E-state index in [1.807, 2.05) is 0 Å². The van der Waals surface area contributed by atoms with Crippen molar-refractivity contribution < 1.29 is 19.1 Å². The van der Waals surface area contributed by atoms with Gasteiger partial charge in [0.05, 0.1) is 17.9 Å². The number of carbonyl (C=O) groups excluding carboxylic acids is 2. The molecule has 134 valence electrons. The summed E-state index contributed by atoms with van der Waals surface area (Å²) in [7, 11) is 0. The monoisotopic (exact) mass is 326 g/mol. The normalized spacial score (nSPS) is 10.1. The summed E-state index contributed by atoms with van der Waals surface area (Å²) in [5.41, 5.74) is -0.422. The molecule has 0 aliphatic heterocycles. The molecule has 0 amide bonds. The lowest BCUT2D eigenvalue weighted by Crippen LogP contribution is -2.20. The van der Waals surface area contributed by atoms with Gasteiger partial charge in [0.2, 0.25) is 0 Å². The first-order chi connectivity index (χ1) is 10.8. The summed E-state index contributed by atoms with van der Waals surface area (Å²) in [4.78, 5) is 21.7. The highest BCUT2D eigenvalue weighted by atomic mass is 16.5. The van der Waals surface area contributed by atoms with E-state index in [4.69, 9.17) is 0 Å². The Kier molecular flexibility index (Phi) is 15.8. The zero-order chi connectivity index (χ0) is 18.1. The molecule has 0 saturated heterocycles. The van der Waals surface area contributed by atoms with Gasteiger partial charge >= 0.3 is 11.9 Å². The fraction of sp³-hybridized carbons (Fsp3) is 0.684. The molecule has 0 rings (SSSR count). The van der Waals surface area contributed by atoms with Gasteiger partial charge in [-0.15, -0.1) is 0 Å². The number of carbonyl (C=O) groups is 2. The number of rotatable bonds is 10. The van der Waals surface area contributed by atoms with E-state index in [-0.39, 0.29) is 11.9 Å². The second-order valence-corrected chi connectivity index (χ2v) is 6.35. The Morgan fingerprint density at radius 3 is 1.74 bits per heavy atom. The maximum Gasteiger partial charge on any atom is 0.316 e. The second kappa shape index (κ2) is 15.3. The SMILES string of the molecule is C=COC(=O)C(C)(C)C.C=COC(=O)CCCCCCCCC. The van der Waals surface area contributed by atoms with E-state index in [1.54, 1.807) is 20.8 Å². The van der Waals surface area contributed by atoms with Gasteiger partial charge in [0.1, 0.15) is 0 Å². The Bertz CT molecular complexity index is 340. The lowest BCUT2D eigenvalue weighted by Gasteiger charge is -2.13. The lowest BCUT2D eigenvalue weighted by atomic mass is 9.98. The fourth-order valence-corrected chi connectivity index (χ4v) is 1.63. The van der Waals surface area contributed by atoms with Crippen LogP contribution in [0.3, 0.4) is 0 Å². The standard InChI is InChI=1S/C12H22O2.C7H12O2/c1-3-5-6-7-8-9-10-11-12(13)14-4-2;1-5-9-6(8)7(2,3)4/h4H,2-3,5-11H2,1H3;5H,1H2,2-4H3. The largest absolute Gasteiger partial charge is 0.435 e. The molecule has 0 spiro atoms. The van der Waals surface area contributed by atoms with Crippen molar-refractivity contribution in [3.05, 3.63) is 25.7 Å². The molecule has 0 N–H and O–H groups in total. The number of esters is 2. The molecule has 0 aliphatic rings. The Morgan fingerprint density at radius 1 is 0.870 bits per heavy atom. The van der Waals surface area contributed by atoms with E-state index in [0.29, 0.717) is 6.42 Å². The number of unbranched alkanes of at least 4 members (excludes halogenated alkanes) is 6. The molecular weight excluding hydrogens is 292 g/mol. The van der Waals surface area contributed by atoms with Gasteiger partial charge in [0, 0.05) is 6.42 Å². The first-order valence-corrected chi connectivity index (χ1v) is 8.42. The van der Waals surface area contributed by atoms with Gasteiger partial charge in [-0.2, -0.15) is 0 Å². The molecule has 0 unspecified atom stereocenters. The molecule has 0 aromatic carbocycles. The summed E-state index contributed by atoms with van der Waals surface area (Å²) < 4.78 is 9.14. The summed E-state index contributed by atoms with van der Waals surface area (Å²) in [5, 5.41) is 0. The average molecular weight is 326 g/mol. The Labute approximate surface area is 141 Å². The zero-order valence-electron chi connectivity index (χ0n) is 15.4. The molecule has 0 heterocycles. The van der Waals surface area contributed by atoms with Crippen molar-refractivity contribution in [2.45, 2.75) is 79.1 Å². The second-order valence-electron chi connectivity index (χ2n) is 6.35. The molecule has 0 aromatic heterocycles. The van der Waals surface area contributed by atoms with E-state index in [9.17, 15) is 9.59 Å². The predicted molar refractivity (Wildman–Crippen MR) is 94.6 cm³/mol. The summed E-state index contributed by atoms with van der Waals surface area (Å²) in [6, 6.07) is 0. The van der Waals surface area contributed by atoms with Crippen molar-refractivity contribution in [3.8, 4) is 0 Å². The van der Waals surface area contributed by atoms with E-state index in [2.05, 4.69) is 29.6 Å². The molecule has 23 heavy (non-hydrogen) atoms. The van der Waals surface area contributed by atoms with Gasteiger partial charge in [-0.25, -0.2) is 0 Å². The van der Waals surface area contributed by atoms with Crippen LogP contribution in [0.4, 0.5) is 0 Å². The molecule has 0 atom stereocenters. The highest BCUT2D eigenvalue weighted by Gasteiger charge is 2.21. The van der Waals surface area contributed by atoms with Crippen molar-refractivity contribution >= 4 is 11.9 Å². The quantitative estimate of drug-likeness (QED) is 0.301. The van der Waals surface area contributed by atoms with Crippen LogP contribution in [0, 0.1) is 5.41 Å². The van der Waals surface area contributed by atoms with Crippen LogP contribution in [-0.2, 0) is 19.1 Å². The van der Waals surface area contributed by atoms with Crippen molar-refractivity contribution in [3.63, 3.8) is 0 Å². The van der Waals surface area contributed by atoms with Crippen molar-refractivity contribution in [2.24, 2.45) is 5.41 Å². The van der Waals surface area contributed by atoms with E-state index in [0.717, 1.165) is 19.1 Å². The molecule has 4 heteroatoms. The van der Waals surface area contributed by atoms with E-state index < -0.39 is 5.41 Å². The smallest absolute Gasteiger partial charge is 0.316 e. The van der Waals surface area contributed by atoms with Crippen LogP contribution in [0.15, 0.2) is 25.7 Å². The summed E-state index contributed by atoms with van der Waals surface area (Å²) in [6.07, 6.45) is 11.4. The molecule has 0 bridgehead atoms. The van der Waals surface area contributed by atoms with Crippen LogP contribution in [0.25, 0.3) is 0 Å². The Morgan fingerprint density at radius 2 is 1.35 bits per heavy atom. The van der Waals surface area contributed by atoms with Gasteiger partial charge in [0.15, 0.2) is 0 Å². The topological polar surface area (TPSA) is 52.6 Å². The van der Waals surface area contributed by atoms with Crippen LogP contribution < -0.4 is 0 Å². The highest BCUT2D eigenvalue weighted by Crippen LogP contribution is 2.14. The van der Waals surface area contributed by atoms with Crippen LogP contribution in [0.5, 0.6) is 0 Å².